The van der Waals surface area contributed by atoms with Crippen LogP contribution in [0.25, 0.3) is 11.3 Å². The largest absolute Gasteiger partial charge is 0.481 e. The van der Waals surface area contributed by atoms with E-state index in [4.69, 9.17) is 9.52 Å². The maximum atomic E-state index is 11.0. The summed E-state index contributed by atoms with van der Waals surface area (Å²) in [6.45, 7) is 1.99. The average Bonchev–Trinajstić information content (AvgIpc) is 3.22. The minimum Gasteiger partial charge on any atom is -0.481 e. The summed E-state index contributed by atoms with van der Waals surface area (Å²) < 4.78 is 5.66. The van der Waals surface area contributed by atoms with Crippen LogP contribution in [0.15, 0.2) is 34.9 Å². The fourth-order valence-corrected chi connectivity index (χ4v) is 2.82. The van der Waals surface area contributed by atoms with Crippen molar-refractivity contribution in [3.05, 3.63) is 46.5 Å². The van der Waals surface area contributed by atoms with E-state index in [-0.39, 0.29) is 11.6 Å². The fourth-order valence-electron chi connectivity index (χ4n) is 2.82. The van der Waals surface area contributed by atoms with Crippen molar-refractivity contribution in [2.45, 2.75) is 12.8 Å². The maximum absolute atomic E-state index is 11.0. The summed E-state index contributed by atoms with van der Waals surface area (Å²) >= 11 is 0. The molecule has 24 heavy (non-hydrogen) atoms. The zero-order valence-electron chi connectivity index (χ0n) is 12.9. The van der Waals surface area contributed by atoms with Crippen LogP contribution >= 0.6 is 0 Å². The first-order valence-corrected chi connectivity index (χ1v) is 7.67. The number of benzene rings is 1. The smallest absolute Gasteiger partial charge is 0.307 e. The molecule has 0 radical (unpaired) electrons. The Morgan fingerprint density at radius 3 is 3.04 bits per heavy atom. The number of carbonyl (C=O) groups is 1. The van der Waals surface area contributed by atoms with Gasteiger partial charge in [-0.15, -0.1) is 0 Å². The first-order valence-electron chi connectivity index (χ1n) is 7.67. The number of non-ortho nitro benzene ring substituents is 1. The number of aliphatic carboxylic acids is 1. The first-order chi connectivity index (χ1) is 11.5. The Labute approximate surface area is 137 Å². The van der Waals surface area contributed by atoms with Gasteiger partial charge in [-0.2, -0.15) is 0 Å². The van der Waals surface area contributed by atoms with Crippen LogP contribution in [0.2, 0.25) is 0 Å². The Kier molecular flexibility index (Phi) is 4.57. The average molecular weight is 331 g/mol. The molecule has 0 aliphatic carbocycles. The molecule has 1 aliphatic heterocycles. The van der Waals surface area contributed by atoms with Crippen molar-refractivity contribution in [1.29, 1.82) is 0 Å². The number of nitrogens with zero attached hydrogens (tertiary/aromatic N) is 3. The lowest BCUT2D eigenvalue weighted by molar-refractivity contribution is -0.384. The van der Waals surface area contributed by atoms with Crippen molar-refractivity contribution in [2.75, 3.05) is 19.6 Å². The van der Waals surface area contributed by atoms with E-state index in [9.17, 15) is 14.9 Å². The molecule has 2 aromatic rings. The van der Waals surface area contributed by atoms with Gasteiger partial charge in [0.2, 0.25) is 0 Å². The van der Waals surface area contributed by atoms with Gasteiger partial charge >= 0.3 is 5.97 Å². The SMILES string of the molecule is O=C(O)C1CCN(CCc2ncc(-c3cccc([N+](=O)[O-])c3)o2)C1. The van der Waals surface area contributed by atoms with Gasteiger partial charge in [0, 0.05) is 37.2 Å². The molecule has 2 heterocycles. The third kappa shape index (κ3) is 3.60. The number of hydrogen-bond donors (Lipinski definition) is 1. The maximum Gasteiger partial charge on any atom is 0.307 e. The highest BCUT2D eigenvalue weighted by atomic mass is 16.6. The molecule has 0 amide bonds. The highest BCUT2D eigenvalue weighted by molar-refractivity contribution is 5.70. The van der Waals surface area contributed by atoms with E-state index in [1.165, 1.54) is 12.1 Å². The molecule has 1 unspecified atom stereocenters. The quantitative estimate of drug-likeness (QED) is 0.638. The number of carboxylic acids is 1. The molecule has 3 rings (SSSR count). The van der Waals surface area contributed by atoms with Crippen LogP contribution in [0, 0.1) is 16.0 Å². The summed E-state index contributed by atoms with van der Waals surface area (Å²) in [4.78, 5) is 27.6. The number of aromatic nitrogens is 1. The van der Waals surface area contributed by atoms with Crippen LogP contribution in [-0.2, 0) is 11.2 Å². The molecule has 8 nitrogen and oxygen atoms in total. The minimum absolute atomic E-state index is 0.00206. The molecule has 1 saturated heterocycles. The van der Waals surface area contributed by atoms with Gasteiger partial charge in [-0.25, -0.2) is 4.98 Å². The lowest BCUT2D eigenvalue weighted by Crippen LogP contribution is -2.25. The molecule has 1 fully saturated rings. The van der Waals surface area contributed by atoms with Crippen LogP contribution in [-0.4, -0.2) is 45.5 Å². The van der Waals surface area contributed by atoms with Crippen LogP contribution < -0.4 is 0 Å². The Morgan fingerprint density at radius 1 is 1.50 bits per heavy atom. The molecule has 1 aliphatic rings. The highest BCUT2D eigenvalue weighted by Crippen LogP contribution is 2.25. The molecular weight excluding hydrogens is 314 g/mol. The molecule has 1 aromatic heterocycles. The summed E-state index contributed by atoms with van der Waals surface area (Å²) in [5, 5.41) is 19.8. The molecule has 8 heteroatoms. The van der Waals surface area contributed by atoms with E-state index in [1.807, 2.05) is 0 Å². The lowest BCUT2D eigenvalue weighted by atomic mass is 10.1. The minimum atomic E-state index is -0.749. The zero-order valence-corrected chi connectivity index (χ0v) is 12.9. The molecular formula is C16H17N3O5. The van der Waals surface area contributed by atoms with E-state index in [1.54, 1.807) is 18.3 Å². The molecule has 0 spiro atoms. The summed E-state index contributed by atoms with van der Waals surface area (Å²) in [5.41, 5.74) is 0.609. The topological polar surface area (TPSA) is 110 Å². The number of hydrogen-bond acceptors (Lipinski definition) is 6. The Balaban J connectivity index is 1.61. The van der Waals surface area contributed by atoms with E-state index in [0.717, 1.165) is 6.54 Å². The molecule has 0 saturated carbocycles. The predicted octanol–water partition coefficient (Wildman–Crippen LogP) is 2.20. The highest BCUT2D eigenvalue weighted by Gasteiger charge is 2.27. The van der Waals surface area contributed by atoms with Crippen LogP contribution in [0.3, 0.4) is 0 Å². The molecule has 1 aromatic carbocycles. The van der Waals surface area contributed by atoms with Crippen molar-refractivity contribution in [3.63, 3.8) is 0 Å². The summed E-state index contributed by atoms with van der Waals surface area (Å²) in [6, 6.07) is 6.20. The Hall–Kier alpha value is -2.74. The summed E-state index contributed by atoms with van der Waals surface area (Å²) in [6.07, 6.45) is 2.79. The van der Waals surface area contributed by atoms with Gasteiger partial charge in [0.25, 0.3) is 5.69 Å². The van der Waals surface area contributed by atoms with Gasteiger partial charge in [0.05, 0.1) is 17.0 Å². The third-order valence-corrected chi connectivity index (χ3v) is 4.16. The van der Waals surface area contributed by atoms with Crippen LogP contribution in [0.4, 0.5) is 5.69 Å². The standard InChI is InChI=1S/C16H17N3O5/c20-16(21)12-4-6-18(10-12)7-5-15-17-9-14(24-15)11-2-1-3-13(8-11)19(22)23/h1-3,8-9,12H,4-7,10H2,(H,20,21). The number of nitro benzene ring substituents is 1. The van der Waals surface area contributed by atoms with Gasteiger partial charge < -0.3 is 14.4 Å². The van der Waals surface area contributed by atoms with Crippen molar-refractivity contribution in [2.24, 2.45) is 5.92 Å². The van der Waals surface area contributed by atoms with Gasteiger partial charge in [0.15, 0.2) is 11.7 Å². The second-order valence-electron chi connectivity index (χ2n) is 5.80. The number of carboxylic acid groups (broad SMARTS) is 1. The second kappa shape index (κ2) is 6.79. The van der Waals surface area contributed by atoms with Gasteiger partial charge in [-0.05, 0) is 13.0 Å². The summed E-state index contributed by atoms with van der Waals surface area (Å²) in [5.74, 6) is -0.0228. The van der Waals surface area contributed by atoms with Crippen molar-refractivity contribution < 1.29 is 19.2 Å². The number of rotatable bonds is 6. The van der Waals surface area contributed by atoms with Crippen molar-refractivity contribution in [1.82, 2.24) is 9.88 Å². The fraction of sp³-hybridized carbons (Fsp3) is 0.375. The molecule has 1 atom stereocenters. The first kappa shape index (κ1) is 16.1. The third-order valence-electron chi connectivity index (χ3n) is 4.16. The van der Waals surface area contributed by atoms with Gasteiger partial charge in [-0.1, -0.05) is 12.1 Å². The van der Waals surface area contributed by atoms with E-state index >= 15 is 0 Å². The Bertz CT molecular complexity index is 758. The van der Waals surface area contributed by atoms with E-state index in [2.05, 4.69) is 9.88 Å². The van der Waals surface area contributed by atoms with E-state index < -0.39 is 10.9 Å². The number of oxazole rings is 1. The normalized spacial score (nSPS) is 17.9. The van der Waals surface area contributed by atoms with Crippen molar-refractivity contribution >= 4 is 11.7 Å². The molecule has 0 bridgehead atoms. The lowest BCUT2D eigenvalue weighted by Gasteiger charge is -2.13. The molecule has 126 valence electrons. The van der Waals surface area contributed by atoms with Crippen molar-refractivity contribution in [3.8, 4) is 11.3 Å². The van der Waals surface area contributed by atoms with Crippen LogP contribution in [0.5, 0.6) is 0 Å². The Morgan fingerprint density at radius 2 is 2.33 bits per heavy atom. The van der Waals surface area contributed by atoms with Crippen LogP contribution in [0.1, 0.15) is 12.3 Å². The predicted molar refractivity (Wildman–Crippen MR) is 84.5 cm³/mol. The second-order valence-corrected chi connectivity index (χ2v) is 5.80. The number of nitro groups is 1. The monoisotopic (exact) mass is 331 g/mol. The summed E-state index contributed by atoms with van der Waals surface area (Å²) in [7, 11) is 0. The van der Waals surface area contributed by atoms with Gasteiger partial charge in [-0.3, -0.25) is 14.9 Å². The molecule has 1 N–H and O–H groups in total. The number of likely N-dealkylation sites (tertiary alicyclic amines) is 1. The van der Waals surface area contributed by atoms with E-state index in [0.29, 0.717) is 43.1 Å². The van der Waals surface area contributed by atoms with Gasteiger partial charge in [0.1, 0.15) is 0 Å². The zero-order chi connectivity index (χ0) is 17.1.